The van der Waals surface area contributed by atoms with Crippen LogP contribution in [-0.4, -0.2) is 30.2 Å². The molecule has 6 nitrogen and oxygen atoms in total. The van der Waals surface area contributed by atoms with Crippen LogP contribution < -0.4 is 4.90 Å². The van der Waals surface area contributed by atoms with E-state index in [1.54, 1.807) is 30.3 Å². The zero-order valence-corrected chi connectivity index (χ0v) is 26.0. The van der Waals surface area contributed by atoms with Crippen molar-refractivity contribution >= 4 is 45.2 Å². The first-order valence-corrected chi connectivity index (χ1v) is 15.9. The van der Waals surface area contributed by atoms with Crippen LogP contribution in [0, 0.1) is 11.8 Å². The fourth-order valence-corrected chi connectivity index (χ4v) is 8.73. The molecule has 1 fully saturated rings. The Hall–Kier alpha value is -5.14. The Morgan fingerprint density at radius 1 is 0.674 bits per heavy atom. The molecule has 2 amide bonds. The van der Waals surface area contributed by atoms with Crippen LogP contribution in [0.4, 0.5) is 5.69 Å². The summed E-state index contributed by atoms with van der Waals surface area (Å²) in [4.78, 5) is 56.3. The Bertz CT molecular complexity index is 2020. The Kier molecular flexibility index (Phi) is 6.62. The number of carbonyl (C=O) groups excluding carboxylic acids is 4. The van der Waals surface area contributed by atoms with E-state index in [1.165, 1.54) is 6.07 Å². The van der Waals surface area contributed by atoms with Gasteiger partial charge in [-0.05, 0) is 45.5 Å². The summed E-state index contributed by atoms with van der Waals surface area (Å²) in [5.41, 5.74) is 6.59. The lowest BCUT2D eigenvalue weighted by Gasteiger charge is -2.51. The lowest BCUT2D eigenvalue weighted by atomic mass is 9.55. The van der Waals surface area contributed by atoms with Gasteiger partial charge in [0, 0.05) is 11.5 Å². The zero-order valence-electron chi connectivity index (χ0n) is 24.4. The number of imide groups is 1. The van der Waals surface area contributed by atoms with Crippen molar-refractivity contribution in [3.8, 4) is 11.1 Å². The van der Waals surface area contributed by atoms with Gasteiger partial charge >= 0.3 is 5.97 Å². The number of anilines is 1. The number of carbonyl (C=O) groups is 4. The third-order valence-corrected chi connectivity index (χ3v) is 10.9. The third-order valence-electron chi connectivity index (χ3n) is 9.53. The van der Waals surface area contributed by atoms with Crippen LogP contribution in [-0.2, 0) is 18.7 Å². The minimum atomic E-state index is -0.904. The molecule has 9 rings (SSSR count). The molecule has 224 valence electrons. The zero-order chi connectivity index (χ0) is 31.6. The van der Waals surface area contributed by atoms with Gasteiger partial charge < -0.3 is 4.74 Å². The maximum Gasteiger partial charge on any atom is 0.340 e. The van der Waals surface area contributed by atoms with Crippen LogP contribution in [0.1, 0.15) is 48.9 Å². The van der Waals surface area contributed by atoms with E-state index in [-0.39, 0.29) is 34.8 Å². The van der Waals surface area contributed by atoms with Crippen molar-refractivity contribution in [3.63, 3.8) is 0 Å². The van der Waals surface area contributed by atoms with E-state index in [0.717, 1.165) is 38.3 Å². The van der Waals surface area contributed by atoms with Crippen LogP contribution in [0.15, 0.2) is 127 Å². The normalized spacial score (nSPS) is 22.2. The van der Waals surface area contributed by atoms with E-state index >= 15 is 0 Å². The molecule has 0 saturated carbocycles. The molecular weight excluding hydrogens is 642 g/mol. The molecule has 7 heteroatoms. The highest BCUT2D eigenvalue weighted by Crippen LogP contribution is 2.66. The molecule has 4 aliphatic rings. The minimum Gasteiger partial charge on any atom is -0.454 e. The van der Waals surface area contributed by atoms with Crippen molar-refractivity contribution in [1.82, 2.24) is 0 Å². The topological polar surface area (TPSA) is 80.8 Å². The number of rotatable bonds is 6. The number of Topliss-reactive ketones (excluding diaryl/α,β-unsaturated/α-hetero) is 1. The Balaban J connectivity index is 1.07. The number of ketones is 1. The Morgan fingerprint density at radius 2 is 1.24 bits per heavy atom. The van der Waals surface area contributed by atoms with Crippen molar-refractivity contribution in [3.05, 3.63) is 161 Å². The first kappa shape index (κ1) is 28.3. The van der Waals surface area contributed by atoms with Crippen LogP contribution in [0.5, 0.6) is 0 Å². The summed E-state index contributed by atoms with van der Waals surface area (Å²) in [7, 11) is 0. The monoisotopic (exact) mass is 667 g/mol. The van der Waals surface area contributed by atoms with E-state index in [4.69, 9.17) is 4.74 Å². The highest BCUT2D eigenvalue weighted by Gasteiger charge is 2.67. The SMILES string of the molecule is O=C(COC(=O)c1ccccc1N1C(=O)C2C3c4ccccc4C(Br)(c4ccccc43)C2C1=O)c1ccc(-c2ccccc2)cc1. The minimum absolute atomic E-state index is 0.0427. The number of nitrogens with zero attached hydrogens (tertiary/aromatic N) is 1. The van der Waals surface area contributed by atoms with Gasteiger partial charge in [0.2, 0.25) is 11.8 Å². The third kappa shape index (κ3) is 4.08. The van der Waals surface area contributed by atoms with Crippen LogP contribution in [0.2, 0.25) is 0 Å². The number of benzene rings is 5. The first-order valence-electron chi connectivity index (χ1n) is 15.1. The van der Waals surface area contributed by atoms with Gasteiger partial charge in [0.1, 0.15) is 0 Å². The van der Waals surface area contributed by atoms with Gasteiger partial charge in [0.05, 0.1) is 27.4 Å². The number of alkyl halides is 1. The molecule has 1 saturated heterocycles. The number of ether oxygens (including phenoxy) is 1. The largest absolute Gasteiger partial charge is 0.454 e. The standard InChI is InChI=1S/C39H26BrNO5/c40-39-29-15-7-4-12-26(29)33(27-13-5-8-16-30(27)39)34-35(39)37(44)41(36(34)43)31-17-9-6-14-28(31)38(45)46-22-32(42)25-20-18-24(19-21-25)23-10-2-1-3-11-23/h1-21,33-35H,22H2. The van der Waals surface area contributed by atoms with Crippen LogP contribution >= 0.6 is 15.9 Å². The van der Waals surface area contributed by atoms with E-state index in [0.29, 0.717) is 5.56 Å². The van der Waals surface area contributed by atoms with Gasteiger partial charge in [-0.3, -0.25) is 14.4 Å². The van der Waals surface area contributed by atoms with Gasteiger partial charge in [-0.15, -0.1) is 0 Å². The van der Waals surface area contributed by atoms with Crippen molar-refractivity contribution in [2.24, 2.45) is 11.8 Å². The summed E-state index contributed by atoms with van der Waals surface area (Å²) in [6.45, 7) is -0.484. The molecule has 2 bridgehead atoms. The molecule has 0 radical (unpaired) electrons. The Morgan fingerprint density at radius 3 is 1.91 bits per heavy atom. The quantitative estimate of drug-likeness (QED) is 0.0822. The average Bonchev–Trinajstić information content (AvgIpc) is 3.38. The molecular formula is C39H26BrNO5. The molecule has 5 aromatic carbocycles. The van der Waals surface area contributed by atoms with Crippen molar-refractivity contribution < 1.29 is 23.9 Å². The van der Waals surface area contributed by atoms with Gasteiger partial charge in [0.15, 0.2) is 12.4 Å². The lowest BCUT2D eigenvalue weighted by molar-refractivity contribution is -0.122. The summed E-state index contributed by atoms with van der Waals surface area (Å²) in [6.07, 6.45) is 0. The van der Waals surface area contributed by atoms with E-state index < -0.39 is 28.7 Å². The summed E-state index contributed by atoms with van der Waals surface area (Å²) >= 11 is 4.00. The molecule has 1 heterocycles. The number of esters is 1. The number of para-hydroxylation sites is 1. The Labute approximate surface area is 273 Å². The lowest BCUT2D eigenvalue weighted by Crippen LogP contribution is -2.50. The molecule has 2 unspecified atom stereocenters. The fourth-order valence-electron chi connectivity index (χ4n) is 7.53. The summed E-state index contributed by atoms with van der Waals surface area (Å²) in [5.74, 6) is -3.55. The van der Waals surface area contributed by atoms with Gasteiger partial charge in [-0.2, -0.15) is 0 Å². The number of amides is 2. The number of halogens is 1. The second-order valence-electron chi connectivity index (χ2n) is 11.8. The van der Waals surface area contributed by atoms with Crippen LogP contribution in [0.25, 0.3) is 11.1 Å². The average molecular weight is 669 g/mol. The first-order chi connectivity index (χ1) is 22.4. The molecule has 5 aromatic rings. The van der Waals surface area contributed by atoms with Crippen molar-refractivity contribution in [1.29, 1.82) is 0 Å². The van der Waals surface area contributed by atoms with Crippen LogP contribution in [0.3, 0.4) is 0 Å². The summed E-state index contributed by atoms with van der Waals surface area (Å²) in [5, 5.41) is 0. The molecule has 3 aliphatic carbocycles. The highest BCUT2D eigenvalue weighted by atomic mass is 79.9. The van der Waals surface area contributed by atoms with Crippen molar-refractivity contribution in [2.45, 2.75) is 10.2 Å². The molecule has 1 aliphatic heterocycles. The molecule has 2 atom stereocenters. The van der Waals surface area contributed by atoms with Crippen molar-refractivity contribution in [2.75, 3.05) is 11.5 Å². The maximum absolute atomic E-state index is 14.4. The molecule has 0 spiro atoms. The molecule has 0 N–H and O–H groups in total. The number of hydrogen-bond donors (Lipinski definition) is 0. The summed E-state index contributed by atoms with van der Waals surface area (Å²) in [6, 6.07) is 39.2. The fraction of sp³-hybridized carbons (Fsp3) is 0.128. The molecule has 46 heavy (non-hydrogen) atoms. The second kappa shape index (κ2) is 10.7. The number of hydrogen-bond acceptors (Lipinski definition) is 5. The predicted octanol–water partition coefficient (Wildman–Crippen LogP) is 7.30. The van der Waals surface area contributed by atoms with E-state index in [9.17, 15) is 19.2 Å². The van der Waals surface area contributed by atoms with Gasteiger partial charge in [0.25, 0.3) is 0 Å². The predicted molar refractivity (Wildman–Crippen MR) is 177 cm³/mol. The molecule has 0 aromatic heterocycles. The summed E-state index contributed by atoms with van der Waals surface area (Å²) < 4.78 is 4.57. The highest BCUT2D eigenvalue weighted by molar-refractivity contribution is 9.09. The maximum atomic E-state index is 14.4. The van der Waals surface area contributed by atoms with Gasteiger partial charge in [-0.1, -0.05) is 131 Å². The smallest absolute Gasteiger partial charge is 0.340 e. The van der Waals surface area contributed by atoms with E-state index in [1.807, 2.05) is 91.0 Å². The second-order valence-corrected chi connectivity index (χ2v) is 13.1. The van der Waals surface area contributed by atoms with E-state index in [2.05, 4.69) is 15.9 Å². The van der Waals surface area contributed by atoms with Gasteiger partial charge in [-0.25, -0.2) is 9.69 Å².